The second kappa shape index (κ2) is 8.20. The van der Waals surface area contributed by atoms with Crippen molar-refractivity contribution in [2.45, 2.75) is 37.2 Å². The number of aryl methyl sites for hydroxylation is 1. The molecule has 0 saturated heterocycles. The molecule has 0 aliphatic heterocycles. The highest BCUT2D eigenvalue weighted by Crippen LogP contribution is 2.31. The Bertz CT molecular complexity index is 1160. The Morgan fingerprint density at radius 1 is 1.17 bits per heavy atom. The van der Waals surface area contributed by atoms with Gasteiger partial charge in [-0.3, -0.25) is 9.52 Å². The van der Waals surface area contributed by atoms with Gasteiger partial charge in [0.1, 0.15) is 5.82 Å². The van der Waals surface area contributed by atoms with Crippen LogP contribution in [0.5, 0.6) is 0 Å². The van der Waals surface area contributed by atoms with Gasteiger partial charge in [0.2, 0.25) is 0 Å². The minimum Gasteiger partial charge on any atom is -0.331 e. The van der Waals surface area contributed by atoms with Gasteiger partial charge < -0.3 is 4.90 Å². The van der Waals surface area contributed by atoms with Crippen molar-refractivity contribution in [3.05, 3.63) is 81.8 Å². The average molecular weight is 445 g/mol. The van der Waals surface area contributed by atoms with E-state index in [0.29, 0.717) is 17.8 Å². The second-order valence-corrected chi connectivity index (χ2v) is 10.1. The molecule has 1 amide bonds. The lowest BCUT2D eigenvalue weighted by molar-refractivity contribution is 0.0731. The van der Waals surface area contributed by atoms with Crippen LogP contribution in [-0.2, 0) is 16.6 Å². The van der Waals surface area contributed by atoms with Crippen molar-refractivity contribution < 1.29 is 17.6 Å². The number of amides is 1. The number of sulfonamides is 1. The Morgan fingerprint density at radius 3 is 2.50 bits per heavy atom. The van der Waals surface area contributed by atoms with Crippen LogP contribution in [0.25, 0.3) is 0 Å². The third kappa shape index (κ3) is 4.55. The fraction of sp³-hybridized carbons (Fsp3) is 0.227. The van der Waals surface area contributed by atoms with E-state index in [4.69, 9.17) is 0 Å². The van der Waals surface area contributed by atoms with Crippen molar-refractivity contribution in [1.29, 1.82) is 0 Å². The highest BCUT2D eigenvalue weighted by Gasteiger charge is 2.33. The van der Waals surface area contributed by atoms with E-state index in [2.05, 4.69) is 4.72 Å². The number of nitrogens with zero attached hydrogens (tertiary/aromatic N) is 1. The normalized spacial score (nSPS) is 13.8. The summed E-state index contributed by atoms with van der Waals surface area (Å²) in [4.78, 5) is 16.0. The molecule has 30 heavy (non-hydrogen) atoms. The van der Waals surface area contributed by atoms with Gasteiger partial charge in [0.05, 0.1) is 11.4 Å². The predicted molar refractivity (Wildman–Crippen MR) is 116 cm³/mol. The van der Waals surface area contributed by atoms with Crippen molar-refractivity contribution in [3.8, 4) is 0 Å². The monoisotopic (exact) mass is 444 g/mol. The van der Waals surface area contributed by atoms with E-state index in [9.17, 15) is 17.6 Å². The summed E-state index contributed by atoms with van der Waals surface area (Å²) < 4.78 is 41.0. The molecule has 1 saturated carbocycles. The fourth-order valence-electron chi connectivity index (χ4n) is 3.17. The predicted octanol–water partition coefficient (Wildman–Crippen LogP) is 4.80. The lowest BCUT2D eigenvalue weighted by Crippen LogP contribution is -2.32. The maximum atomic E-state index is 13.4. The van der Waals surface area contributed by atoms with Gasteiger partial charge in [-0.05, 0) is 79.2 Å². The molecule has 1 heterocycles. The summed E-state index contributed by atoms with van der Waals surface area (Å²) in [5, 5.41) is 1.99. The number of anilines is 1. The molecule has 1 aromatic heterocycles. The second-order valence-electron chi connectivity index (χ2n) is 7.34. The van der Waals surface area contributed by atoms with Gasteiger partial charge in [-0.25, -0.2) is 12.8 Å². The molecule has 0 spiro atoms. The molecule has 2 aromatic carbocycles. The number of carbonyl (C=O) groups excluding carboxylic acids is 1. The summed E-state index contributed by atoms with van der Waals surface area (Å²) in [5.41, 5.74) is 1.11. The van der Waals surface area contributed by atoms with Gasteiger partial charge in [0.25, 0.3) is 15.9 Å². The first kappa shape index (κ1) is 20.6. The lowest BCUT2D eigenvalue weighted by Gasteiger charge is -2.22. The van der Waals surface area contributed by atoms with Crippen molar-refractivity contribution in [1.82, 2.24) is 4.90 Å². The molecule has 1 aliphatic rings. The average Bonchev–Trinajstić information content (AvgIpc) is 3.43. The summed E-state index contributed by atoms with van der Waals surface area (Å²) in [6, 6.07) is 14.3. The summed E-state index contributed by atoms with van der Waals surface area (Å²) in [6.45, 7) is 2.09. The molecule has 0 radical (unpaired) electrons. The van der Waals surface area contributed by atoms with Crippen LogP contribution in [-0.4, -0.2) is 25.3 Å². The van der Waals surface area contributed by atoms with Crippen molar-refractivity contribution in [2.75, 3.05) is 4.72 Å². The first-order valence-electron chi connectivity index (χ1n) is 9.56. The number of hydrogen-bond donors (Lipinski definition) is 1. The smallest absolute Gasteiger partial charge is 0.261 e. The maximum absolute atomic E-state index is 13.4. The van der Waals surface area contributed by atoms with Crippen LogP contribution in [0, 0.1) is 12.7 Å². The van der Waals surface area contributed by atoms with E-state index in [1.165, 1.54) is 19.1 Å². The van der Waals surface area contributed by atoms with Gasteiger partial charge in [-0.1, -0.05) is 6.07 Å². The molecule has 1 fully saturated rings. The molecule has 4 rings (SSSR count). The lowest BCUT2D eigenvalue weighted by atomic mass is 10.1. The third-order valence-corrected chi connectivity index (χ3v) is 7.22. The zero-order valence-corrected chi connectivity index (χ0v) is 18.0. The number of carbonyl (C=O) groups is 1. The quantitative estimate of drug-likeness (QED) is 0.569. The van der Waals surface area contributed by atoms with Crippen molar-refractivity contribution in [2.24, 2.45) is 0 Å². The summed E-state index contributed by atoms with van der Waals surface area (Å²) in [5.74, 6) is -0.519. The minimum absolute atomic E-state index is 0.0163. The summed E-state index contributed by atoms with van der Waals surface area (Å²) >= 11 is 1.62. The van der Waals surface area contributed by atoms with E-state index in [1.807, 2.05) is 22.4 Å². The van der Waals surface area contributed by atoms with Crippen LogP contribution in [0.1, 0.15) is 33.6 Å². The highest BCUT2D eigenvalue weighted by molar-refractivity contribution is 7.92. The number of benzene rings is 2. The molecule has 0 unspecified atom stereocenters. The van der Waals surface area contributed by atoms with Crippen LogP contribution in [0.2, 0.25) is 0 Å². The van der Waals surface area contributed by atoms with E-state index >= 15 is 0 Å². The molecular formula is C22H21FN2O3S2. The molecule has 8 heteroatoms. The van der Waals surface area contributed by atoms with E-state index in [0.717, 1.165) is 23.8 Å². The van der Waals surface area contributed by atoms with Crippen molar-refractivity contribution in [3.63, 3.8) is 0 Å². The largest absolute Gasteiger partial charge is 0.331 e. The Morgan fingerprint density at radius 2 is 1.90 bits per heavy atom. The van der Waals surface area contributed by atoms with Gasteiger partial charge in [-0.15, -0.1) is 11.3 Å². The number of thiophene rings is 1. The topological polar surface area (TPSA) is 66.5 Å². The van der Waals surface area contributed by atoms with E-state index < -0.39 is 15.8 Å². The molecule has 1 aliphatic carbocycles. The molecule has 0 atom stereocenters. The summed E-state index contributed by atoms with van der Waals surface area (Å²) in [6.07, 6.45) is 2.01. The van der Waals surface area contributed by atoms with E-state index in [1.54, 1.807) is 35.6 Å². The molecule has 0 bridgehead atoms. The van der Waals surface area contributed by atoms with Gasteiger partial charge in [-0.2, -0.15) is 0 Å². The Kier molecular flexibility index (Phi) is 5.62. The number of rotatable bonds is 7. The Balaban J connectivity index is 1.49. The first-order valence-corrected chi connectivity index (χ1v) is 11.9. The first-order chi connectivity index (χ1) is 14.3. The van der Waals surface area contributed by atoms with Crippen LogP contribution in [0.15, 0.2) is 64.9 Å². The fourth-order valence-corrected chi connectivity index (χ4v) is 5.01. The maximum Gasteiger partial charge on any atom is 0.261 e. The minimum atomic E-state index is -3.85. The van der Waals surface area contributed by atoms with Crippen LogP contribution >= 0.6 is 11.3 Å². The number of hydrogen-bond acceptors (Lipinski definition) is 4. The van der Waals surface area contributed by atoms with Crippen LogP contribution in [0.4, 0.5) is 10.1 Å². The molecule has 1 N–H and O–H groups in total. The Labute approximate surface area is 179 Å². The van der Waals surface area contributed by atoms with Gasteiger partial charge in [0, 0.05) is 22.2 Å². The number of nitrogens with one attached hydrogen (secondary N) is 1. The van der Waals surface area contributed by atoms with Gasteiger partial charge >= 0.3 is 0 Å². The highest BCUT2D eigenvalue weighted by atomic mass is 32.2. The zero-order chi connectivity index (χ0) is 21.3. The number of halogens is 1. The molecule has 5 nitrogen and oxygen atoms in total. The van der Waals surface area contributed by atoms with Crippen LogP contribution < -0.4 is 4.72 Å². The SMILES string of the molecule is Cc1cc(S(=O)(=O)Nc2ccc(C(=O)N(Cc3cccs3)C3CC3)cc2)ccc1F. The van der Waals surface area contributed by atoms with Gasteiger partial charge in [0.15, 0.2) is 0 Å². The Hall–Kier alpha value is -2.71. The molecule has 3 aromatic rings. The van der Waals surface area contributed by atoms with Crippen LogP contribution in [0.3, 0.4) is 0 Å². The molecular weight excluding hydrogens is 423 g/mol. The standard InChI is InChI=1S/C22H21FN2O3S2/c1-15-13-20(10-11-21(15)23)30(27,28)24-17-6-4-16(5-7-17)22(26)25(18-8-9-18)14-19-3-2-12-29-19/h2-7,10-13,18,24H,8-9,14H2,1H3. The zero-order valence-electron chi connectivity index (χ0n) is 16.3. The third-order valence-electron chi connectivity index (χ3n) is 4.98. The van der Waals surface area contributed by atoms with E-state index in [-0.39, 0.29) is 22.4 Å². The molecule has 156 valence electrons. The van der Waals surface area contributed by atoms with Crippen molar-refractivity contribution >= 4 is 33.0 Å². The summed E-state index contributed by atoms with van der Waals surface area (Å²) in [7, 11) is -3.85.